The van der Waals surface area contributed by atoms with Gasteiger partial charge in [0.25, 0.3) is 0 Å². The molecule has 0 saturated carbocycles. The Hall–Kier alpha value is -4.91. The van der Waals surface area contributed by atoms with Crippen molar-refractivity contribution < 1.29 is 42.1 Å². The highest BCUT2D eigenvalue weighted by molar-refractivity contribution is 7.51. The average Bonchev–Trinajstić information content (AvgIpc) is 3.70. The van der Waals surface area contributed by atoms with Crippen molar-refractivity contribution in [2.24, 2.45) is 0 Å². The highest BCUT2D eigenvalue weighted by atomic mass is 31.2. The molecule has 73 heavy (non-hydrogen) atoms. The fourth-order valence-electron chi connectivity index (χ4n) is 9.70. The van der Waals surface area contributed by atoms with E-state index in [-0.39, 0.29) is 50.1 Å². The molecular weight excluding hydrogens is 946 g/mol. The first-order valence-electron chi connectivity index (χ1n) is 26.5. The van der Waals surface area contributed by atoms with Crippen molar-refractivity contribution in [1.82, 2.24) is 14.2 Å². The van der Waals surface area contributed by atoms with Crippen LogP contribution in [0, 0.1) is 11.3 Å². The van der Waals surface area contributed by atoms with Gasteiger partial charge in [-0.1, -0.05) is 145 Å². The summed E-state index contributed by atoms with van der Waals surface area (Å²) >= 11 is 0. The summed E-state index contributed by atoms with van der Waals surface area (Å²) in [6, 6.07) is 28.1. The first-order chi connectivity index (χ1) is 35.3. The largest absolute Gasteiger partial charge is 0.497 e. The van der Waals surface area contributed by atoms with Gasteiger partial charge in [-0.3, -0.25) is 18.4 Å². The zero-order valence-electron chi connectivity index (χ0n) is 44.7. The third-order valence-electron chi connectivity index (χ3n) is 13.2. The number of amides is 1. The Morgan fingerprint density at radius 1 is 0.767 bits per heavy atom. The molecule has 1 N–H and O–H groups in total. The Labute approximate surface area is 434 Å². The lowest BCUT2D eigenvalue weighted by molar-refractivity contribution is -0.114. The second-order valence-corrected chi connectivity index (χ2v) is 21.2. The molecule has 5 atom stereocenters. The number of hydrogen-bond donors (Lipinski definition) is 1. The zero-order chi connectivity index (χ0) is 52.6. The van der Waals surface area contributed by atoms with Crippen LogP contribution in [0.2, 0.25) is 0 Å². The minimum Gasteiger partial charge on any atom is -0.497 e. The van der Waals surface area contributed by atoms with Gasteiger partial charge >= 0.3 is 13.4 Å². The van der Waals surface area contributed by atoms with Crippen molar-refractivity contribution in [3.05, 3.63) is 118 Å². The summed E-state index contributed by atoms with van der Waals surface area (Å²) in [6.45, 7) is 11.1. The van der Waals surface area contributed by atoms with Gasteiger partial charge in [-0.15, -0.1) is 0 Å². The lowest BCUT2D eigenvalue weighted by atomic mass is 9.80. The predicted octanol–water partition coefficient (Wildman–Crippen LogP) is 12.5. The smallest absolute Gasteiger partial charge is 0.409 e. The number of nitrogens with zero attached hydrogens (tertiary/aromatic N) is 4. The van der Waals surface area contributed by atoms with Crippen LogP contribution < -0.4 is 20.5 Å². The highest BCUT2D eigenvalue weighted by Gasteiger charge is 2.54. The van der Waals surface area contributed by atoms with Gasteiger partial charge in [0.2, 0.25) is 5.91 Å². The Balaban J connectivity index is 1.54. The van der Waals surface area contributed by atoms with Crippen molar-refractivity contribution in [3.63, 3.8) is 0 Å². The number of rotatable bonds is 34. The van der Waals surface area contributed by atoms with Crippen LogP contribution in [0.25, 0.3) is 0 Å². The fourth-order valence-corrected chi connectivity index (χ4v) is 12.0. The maximum Gasteiger partial charge on any atom is 0.409 e. The van der Waals surface area contributed by atoms with Crippen LogP contribution in [0.3, 0.4) is 0 Å². The van der Waals surface area contributed by atoms with Gasteiger partial charge in [0, 0.05) is 31.8 Å². The number of unbranched alkanes of at least 4 members (excludes halogenated alkanes) is 13. The third-order valence-corrected chi connectivity index (χ3v) is 15.7. The lowest BCUT2D eigenvalue weighted by Gasteiger charge is -2.39. The average molecular weight is 1030 g/mol. The maximum atomic E-state index is 15.7. The number of methoxy groups -OCH3 is 2. The Bertz CT molecular complexity index is 2320. The maximum absolute atomic E-state index is 15.7. The van der Waals surface area contributed by atoms with Crippen LogP contribution in [0.1, 0.15) is 161 Å². The molecule has 0 spiro atoms. The zero-order valence-corrected chi connectivity index (χ0v) is 45.6. The van der Waals surface area contributed by atoms with E-state index >= 15 is 4.57 Å². The predicted molar refractivity (Wildman–Crippen MR) is 286 cm³/mol. The number of nitrogens with one attached hydrogen (secondary N) is 1. The van der Waals surface area contributed by atoms with E-state index in [0.29, 0.717) is 11.5 Å². The molecule has 1 aliphatic rings. The standard InChI is InChI=1S/C57H82N5O10P/c1-9-10-11-12-13-14-15-16-17-18-19-20-21-25-40-68-54-53(72-73(65,70-41-26-38-58)62(43(2)3)44(4)5)51(71-55(54)61-39-37-52(59-45(6)63)60-56(61)64)42-69-57(46-27-23-22-24-28-46,47-29-33-49(66-7)34-30-47)48-31-35-50(67-8)36-32-48/h22-24,27-37,39,43-44,51,53-55H,9-21,25-26,40-42H2,1-8H3,(H,59,60,63,64)/t51-,53-,54-,55-,73?/m1/s1. The lowest BCUT2D eigenvalue weighted by Crippen LogP contribution is -2.44. The number of hydrogen-bond acceptors (Lipinski definition) is 12. The second kappa shape index (κ2) is 30.5. The molecule has 1 amide bonds. The number of nitriles is 1. The quantitative estimate of drug-likeness (QED) is 0.0266. The highest BCUT2D eigenvalue weighted by Crippen LogP contribution is 2.58. The molecule has 0 radical (unpaired) electrons. The van der Waals surface area contributed by atoms with Gasteiger partial charge in [0.1, 0.15) is 41.2 Å². The molecule has 1 saturated heterocycles. The van der Waals surface area contributed by atoms with Crippen LogP contribution in [0.5, 0.6) is 11.5 Å². The van der Waals surface area contributed by atoms with Crippen LogP contribution >= 0.6 is 7.75 Å². The van der Waals surface area contributed by atoms with Gasteiger partial charge < -0.3 is 29.0 Å². The van der Waals surface area contributed by atoms with Crippen molar-refractivity contribution in [1.29, 1.82) is 5.26 Å². The summed E-state index contributed by atoms with van der Waals surface area (Å²) in [6.07, 6.45) is 13.8. The molecular formula is C57H82N5O10P. The molecule has 1 fully saturated rings. The number of ether oxygens (including phenoxy) is 5. The topological polar surface area (TPSA) is 173 Å². The van der Waals surface area contributed by atoms with E-state index in [9.17, 15) is 14.9 Å². The monoisotopic (exact) mass is 1030 g/mol. The summed E-state index contributed by atoms with van der Waals surface area (Å²) < 4.78 is 64.1. The molecule has 3 aromatic carbocycles. The number of benzene rings is 3. The van der Waals surface area contributed by atoms with E-state index in [1.807, 2.05) is 107 Å². The van der Waals surface area contributed by atoms with Crippen LogP contribution in [0.15, 0.2) is 95.9 Å². The van der Waals surface area contributed by atoms with E-state index < -0.39 is 43.6 Å². The molecule has 400 valence electrons. The van der Waals surface area contributed by atoms with Crippen molar-refractivity contribution in [3.8, 4) is 17.6 Å². The molecule has 15 nitrogen and oxygen atoms in total. The van der Waals surface area contributed by atoms with Crippen LogP contribution in [-0.2, 0) is 38.2 Å². The van der Waals surface area contributed by atoms with Crippen molar-refractivity contribution in [2.75, 3.05) is 39.4 Å². The van der Waals surface area contributed by atoms with Crippen LogP contribution in [0.4, 0.5) is 5.82 Å². The summed E-state index contributed by atoms with van der Waals surface area (Å²) in [5.74, 6) is 1.01. The number of carbonyl (C=O) groups excluding carboxylic acids is 1. The summed E-state index contributed by atoms with van der Waals surface area (Å²) in [7, 11) is -1.07. The number of anilines is 1. The van der Waals surface area contributed by atoms with E-state index in [1.165, 1.54) is 88.0 Å². The number of carbonyl (C=O) groups is 1. The second-order valence-electron chi connectivity index (χ2n) is 19.3. The van der Waals surface area contributed by atoms with E-state index in [1.54, 1.807) is 18.9 Å². The molecule has 0 aliphatic carbocycles. The SMILES string of the molecule is CCCCCCCCCCCCCCCCO[C@@H]1[C@H](OP(=O)(OCCC#N)N(C(C)C)C(C)C)[C@@H](COC(c2ccccc2)(c2ccc(OC)cc2)c2ccc(OC)cc2)O[C@H]1n1ccc(NC(C)=O)nc1=O. The molecule has 1 aliphatic heterocycles. The normalized spacial score (nSPS) is 17.7. The molecule has 1 unspecified atom stereocenters. The van der Waals surface area contributed by atoms with Gasteiger partial charge in [0.05, 0.1) is 39.9 Å². The Morgan fingerprint density at radius 2 is 1.29 bits per heavy atom. The Kier molecular flexibility index (Phi) is 24.6. The molecule has 1 aromatic heterocycles. The first kappa shape index (κ1) is 59.0. The first-order valence-corrected chi connectivity index (χ1v) is 28.0. The van der Waals surface area contributed by atoms with Gasteiger partial charge in [-0.05, 0) is 81.1 Å². The molecule has 16 heteroatoms. The molecule has 0 bridgehead atoms. The van der Waals surface area contributed by atoms with Gasteiger partial charge in [0.15, 0.2) is 6.23 Å². The van der Waals surface area contributed by atoms with Crippen LogP contribution in [-0.4, -0.2) is 84.6 Å². The molecule has 4 aromatic rings. The minimum atomic E-state index is -4.29. The summed E-state index contributed by atoms with van der Waals surface area (Å²) in [5.41, 5.74) is 0.341. The van der Waals surface area contributed by atoms with Crippen molar-refractivity contribution >= 4 is 19.5 Å². The van der Waals surface area contributed by atoms with E-state index in [2.05, 4.69) is 23.3 Å². The van der Waals surface area contributed by atoms with Gasteiger partial charge in [-0.25, -0.2) is 14.0 Å². The van der Waals surface area contributed by atoms with E-state index in [4.69, 9.17) is 32.7 Å². The van der Waals surface area contributed by atoms with E-state index in [0.717, 1.165) is 42.4 Å². The third kappa shape index (κ3) is 16.8. The molecule has 2 heterocycles. The fraction of sp³-hybridized carbons (Fsp3) is 0.579. The summed E-state index contributed by atoms with van der Waals surface area (Å²) in [5, 5.41) is 12.2. The number of aromatic nitrogens is 2. The van der Waals surface area contributed by atoms with Gasteiger partial charge in [-0.2, -0.15) is 10.2 Å². The summed E-state index contributed by atoms with van der Waals surface area (Å²) in [4.78, 5) is 30.3. The molecule has 5 rings (SSSR count). The Morgan fingerprint density at radius 3 is 1.77 bits per heavy atom. The van der Waals surface area contributed by atoms with Crippen molar-refractivity contribution in [2.45, 2.75) is 180 Å². The minimum absolute atomic E-state index is 0.0300.